The Bertz CT molecular complexity index is 679. The highest BCUT2D eigenvalue weighted by Gasteiger charge is 2.64. The molecule has 0 radical (unpaired) electrons. The molecule has 4 aliphatic rings. The molecule has 4 aliphatic carbocycles. The molecule has 3 fully saturated rings. The van der Waals surface area contributed by atoms with E-state index in [2.05, 4.69) is 27.7 Å². The van der Waals surface area contributed by atoms with Crippen molar-refractivity contribution in [2.45, 2.75) is 85.7 Å². The Kier molecular flexibility index (Phi) is 4.59. The predicted octanol–water partition coefficient (Wildman–Crippen LogP) is 5.33. The molecule has 0 spiro atoms. The van der Waals surface area contributed by atoms with Crippen molar-refractivity contribution in [2.75, 3.05) is 0 Å². The van der Waals surface area contributed by atoms with E-state index in [0.29, 0.717) is 24.2 Å². The van der Waals surface area contributed by atoms with Crippen LogP contribution in [0.5, 0.6) is 0 Å². The zero-order chi connectivity index (χ0) is 19.6. The maximum absolute atomic E-state index is 12.1. The third-order valence-electron chi connectivity index (χ3n) is 9.23. The van der Waals surface area contributed by atoms with Crippen molar-refractivity contribution in [3.05, 3.63) is 11.6 Å². The molecule has 4 rings (SSSR count). The lowest BCUT2D eigenvalue weighted by molar-refractivity contribution is -0.181. The van der Waals surface area contributed by atoms with Gasteiger partial charge in [0.05, 0.1) is 0 Å². The van der Waals surface area contributed by atoms with Gasteiger partial charge in [-0.2, -0.15) is 0 Å². The van der Waals surface area contributed by atoms with Crippen molar-refractivity contribution in [1.82, 2.24) is 0 Å². The molecule has 0 saturated heterocycles. The van der Waals surface area contributed by atoms with E-state index in [4.69, 9.17) is 4.74 Å². The quantitative estimate of drug-likeness (QED) is 0.615. The van der Waals surface area contributed by atoms with Crippen LogP contribution in [-0.4, -0.2) is 17.9 Å². The molecule has 0 bridgehead atoms. The Morgan fingerprint density at radius 2 is 2.04 bits per heavy atom. The zero-order valence-electron chi connectivity index (χ0n) is 17.7. The smallest absolute Gasteiger partial charge is 0.302 e. The van der Waals surface area contributed by atoms with Gasteiger partial charge in [-0.15, -0.1) is 0 Å². The molecule has 0 aromatic rings. The number of carbonyl (C=O) groups is 2. The Morgan fingerprint density at radius 1 is 1.30 bits per heavy atom. The first-order chi connectivity index (χ1) is 12.7. The summed E-state index contributed by atoms with van der Waals surface area (Å²) in [6.07, 6.45) is 9.40. The third-order valence-corrected chi connectivity index (χ3v) is 9.23. The van der Waals surface area contributed by atoms with E-state index in [1.807, 2.05) is 6.08 Å². The van der Waals surface area contributed by atoms with Gasteiger partial charge >= 0.3 is 5.97 Å². The topological polar surface area (TPSA) is 43.4 Å². The van der Waals surface area contributed by atoms with Crippen molar-refractivity contribution in [3.8, 4) is 0 Å². The van der Waals surface area contributed by atoms with Crippen molar-refractivity contribution < 1.29 is 14.3 Å². The van der Waals surface area contributed by atoms with Crippen molar-refractivity contribution >= 4 is 11.8 Å². The summed E-state index contributed by atoms with van der Waals surface area (Å²) >= 11 is 0. The van der Waals surface area contributed by atoms with Crippen LogP contribution in [0.2, 0.25) is 0 Å². The second kappa shape index (κ2) is 6.46. The molecule has 0 amide bonds. The summed E-state index contributed by atoms with van der Waals surface area (Å²) in [5.74, 6) is 3.11. The van der Waals surface area contributed by atoms with Gasteiger partial charge < -0.3 is 4.74 Å². The number of rotatable bonds is 2. The maximum Gasteiger partial charge on any atom is 0.302 e. The minimum atomic E-state index is -0.147. The Morgan fingerprint density at radius 3 is 2.70 bits per heavy atom. The third kappa shape index (κ3) is 2.75. The molecule has 0 aliphatic heterocycles. The fourth-order valence-electron chi connectivity index (χ4n) is 8.07. The van der Waals surface area contributed by atoms with Crippen LogP contribution in [0.15, 0.2) is 11.6 Å². The molecule has 0 aromatic carbocycles. The SMILES string of the molecule is CC[C@H]1CCC2C3C([C@@H](OC(C)=O)C[C@@]21C)[C@@]1(C)CCC(=O)C=C1C[C@H]3C. The van der Waals surface area contributed by atoms with Gasteiger partial charge in [0.15, 0.2) is 5.78 Å². The summed E-state index contributed by atoms with van der Waals surface area (Å²) in [6, 6.07) is 0. The minimum absolute atomic E-state index is 0.00903. The predicted molar refractivity (Wildman–Crippen MR) is 106 cm³/mol. The molecular weight excluding hydrogens is 336 g/mol. The van der Waals surface area contributed by atoms with Gasteiger partial charge in [0.1, 0.15) is 6.10 Å². The van der Waals surface area contributed by atoms with Crippen LogP contribution in [0.25, 0.3) is 0 Å². The van der Waals surface area contributed by atoms with E-state index in [0.717, 1.165) is 31.1 Å². The van der Waals surface area contributed by atoms with Crippen LogP contribution in [0.4, 0.5) is 0 Å². The molecule has 0 N–H and O–H groups in total. The first kappa shape index (κ1) is 19.2. The summed E-state index contributed by atoms with van der Waals surface area (Å²) in [6.45, 7) is 11.1. The van der Waals surface area contributed by atoms with E-state index in [1.165, 1.54) is 24.8 Å². The highest BCUT2D eigenvalue weighted by atomic mass is 16.5. The van der Waals surface area contributed by atoms with Gasteiger partial charge in [-0.25, -0.2) is 0 Å². The van der Waals surface area contributed by atoms with Gasteiger partial charge in [-0.3, -0.25) is 9.59 Å². The van der Waals surface area contributed by atoms with Crippen LogP contribution in [-0.2, 0) is 14.3 Å². The number of esters is 1. The molecule has 0 heterocycles. The van der Waals surface area contributed by atoms with Gasteiger partial charge in [-0.1, -0.05) is 39.7 Å². The molecule has 0 aromatic heterocycles. The van der Waals surface area contributed by atoms with Crippen LogP contribution in [0.3, 0.4) is 0 Å². The van der Waals surface area contributed by atoms with Crippen molar-refractivity contribution in [1.29, 1.82) is 0 Å². The van der Waals surface area contributed by atoms with E-state index >= 15 is 0 Å². The normalized spacial score (nSPS) is 48.9. The fourth-order valence-corrected chi connectivity index (χ4v) is 8.07. The van der Waals surface area contributed by atoms with Gasteiger partial charge in [0.2, 0.25) is 0 Å². The summed E-state index contributed by atoms with van der Waals surface area (Å²) in [7, 11) is 0. The van der Waals surface area contributed by atoms with Crippen LogP contribution in [0.1, 0.15) is 79.6 Å². The Hall–Kier alpha value is -1.12. The summed E-state index contributed by atoms with van der Waals surface area (Å²) in [5, 5.41) is 0. The van der Waals surface area contributed by atoms with E-state index < -0.39 is 0 Å². The van der Waals surface area contributed by atoms with Gasteiger partial charge in [-0.05, 0) is 72.7 Å². The van der Waals surface area contributed by atoms with E-state index in [1.54, 1.807) is 6.92 Å². The number of allylic oxidation sites excluding steroid dienone is 1. The largest absolute Gasteiger partial charge is 0.462 e. The first-order valence-electron chi connectivity index (χ1n) is 11.1. The second-order valence-corrected chi connectivity index (χ2v) is 10.5. The molecule has 3 nitrogen and oxygen atoms in total. The Labute approximate surface area is 164 Å². The van der Waals surface area contributed by atoms with Crippen molar-refractivity contribution in [2.24, 2.45) is 40.4 Å². The highest BCUT2D eigenvalue weighted by Crippen LogP contribution is 2.68. The summed E-state index contributed by atoms with van der Waals surface area (Å²) in [4.78, 5) is 24.2. The molecule has 150 valence electrons. The van der Waals surface area contributed by atoms with Gasteiger partial charge in [0, 0.05) is 19.3 Å². The zero-order valence-corrected chi connectivity index (χ0v) is 17.7. The molecule has 3 unspecified atom stereocenters. The molecule has 27 heavy (non-hydrogen) atoms. The molecule has 3 heteroatoms. The standard InChI is InChI=1S/C24H36O3/c1-6-16-7-8-19-21-14(2)11-17-12-18(26)9-10-23(17,4)22(21)20(27-15(3)25)13-24(16,19)5/h12,14,16,19-22H,6-11,13H2,1-5H3/t14-,16+,19?,20+,21?,22?,23+,24-/m1/s1. The lowest BCUT2D eigenvalue weighted by atomic mass is 9.44. The van der Waals surface area contributed by atoms with Crippen LogP contribution in [0, 0.1) is 40.4 Å². The number of fused-ring (bicyclic) bond motifs is 5. The average Bonchev–Trinajstić information content (AvgIpc) is 2.91. The Balaban J connectivity index is 1.81. The van der Waals surface area contributed by atoms with E-state index in [9.17, 15) is 9.59 Å². The second-order valence-electron chi connectivity index (χ2n) is 10.5. The highest BCUT2D eigenvalue weighted by molar-refractivity contribution is 5.91. The minimum Gasteiger partial charge on any atom is -0.462 e. The first-order valence-corrected chi connectivity index (χ1v) is 11.1. The lowest BCUT2D eigenvalue weighted by Gasteiger charge is -2.62. The fraction of sp³-hybridized carbons (Fsp3) is 0.833. The van der Waals surface area contributed by atoms with E-state index in [-0.39, 0.29) is 28.7 Å². The average molecular weight is 373 g/mol. The maximum atomic E-state index is 12.1. The summed E-state index contributed by atoms with van der Waals surface area (Å²) < 4.78 is 6.07. The monoisotopic (exact) mass is 372 g/mol. The molecular formula is C24H36O3. The summed E-state index contributed by atoms with van der Waals surface area (Å²) in [5.41, 5.74) is 1.63. The van der Waals surface area contributed by atoms with Gasteiger partial charge in [0.25, 0.3) is 0 Å². The number of hydrogen-bond acceptors (Lipinski definition) is 3. The van der Waals surface area contributed by atoms with Crippen LogP contribution < -0.4 is 0 Å². The van der Waals surface area contributed by atoms with Crippen LogP contribution >= 0.6 is 0 Å². The molecule has 8 atom stereocenters. The number of carbonyl (C=O) groups excluding carboxylic acids is 2. The number of hydrogen-bond donors (Lipinski definition) is 0. The number of ether oxygens (including phenoxy) is 1. The molecule has 3 saturated carbocycles. The number of ketones is 1. The van der Waals surface area contributed by atoms with Crippen molar-refractivity contribution in [3.63, 3.8) is 0 Å². The lowest BCUT2D eigenvalue weighted by Crippen LogP contribution is -2.59.